The number of hydrogen-bond acceptors (Lipinski definition) is 3. The van der Waals surface area contributed by atoms with Crippen LogP contribution in [0.15, 0.2) is 58.1 Å². The third-order valence-electron chi connectivity index (χ3n) is 3.75. The van der Waals surface area contributed by atoms with Crippen molar-refractivity contribution in [3.63, 3.8) is 0 Å². The molecule has 4 aromatic rings. The maximum atomic E-state index is 12.8. The predicted octanol–water partition coefficient (Wildman–Crippen LogP) is 2.04. The van der Waals surface area contributed by atoms with E-state index in [1.807, 2.05) is 12.1 Å². The molecule has 7 heteroatoms. The normalized spacial score (nSPS) is 11.3. The SMILES string of the molecule is O=c1c2ccccc2n2c(=O)[nH]nc2n1Cc1cccc(Cl)c1. The molecule has 2 heterocycles. The second-order valence-electron chi connectivity index (χ2n) is 5.20. The molecular weight excluding hydrogens is 316 g/mol. The molecule has 2 aromatic heterocycles. The van der Waals surface area contributed by atoms with Crippen LogP contribution in [-0.4, -0.2) is 19.2 Å². The number of rotatable bonds is 2. The Morgan fingerprint density at radius 2 is 1.91 bits per heavy atom. The summed E-state index contributed by atoms with van der Waals surface area (Å²) < 4.78 is 2.87. The summed E-state index contributed by atoms with van der Waals surface area (Å²) in [5.41, 5.74) is 0.809. The fraction of sp³-hybridized carbons (Fsp3) is 0.0625. The van der Waals surface area contributed by atoms with E-state index < -0.39 is 0 Å². The summed E-state index contributed by atoms with van der Waals surface area (Å²) >= 11 is 6.00. The lowest BCUT2D eigenvalue weighted by molar-refractivity contribution is 0.766. The van der Waals surface area contributed by atoms with E-state index in [2.05, 4.69) is 10.2 Å². The van der Waals surface area contributed by atoms with Crippen LogP contribution in [0.4, 0.5) is 0 Å². The number of aromatic amines is 1. The summed E-state index contributed by atoms with van der Waals surface area (Å²) in [4.78, 5) is 24.9. The number of fused-ring (bicyclic) bond motifs is 3. The Bertz CT molecular complexity index is 1160. The van der Waals surface area contributed by atoms with Gasteiger partial charge in [0.2, 0.25) is 5.78 Å². The zero-order valence-corrected chi connectivity index (χ0v) is 12.6. The van der Waals surface area contributed by atoms with Crippen molar-refractivity contribution in [2.24, 2.45) is 0 Å². The third-order valence-corrected chi connectivity index (χ3v) is 3.98. The van der Waals surface area contributed by atoms with E-state index in [9.17, 15) is 9.59 Å². The van der Waals surface area contributed by atoms with Crippen molar-refractivity contribution >= 4 is 28.3 Å². The van der Waals surface area contributed by atoms with Crippen LogP contribution < -0.4 is 11.2 Å². The smallest absolute Gasteiger partial charge is 0.272 e. The third kappa shape index (κ3) is 2.15. The molecule has 0 saturated carbocycles. The van der Waals surface area contributed by atoms with Gasteiger partial charge in [0.05, 0.1) is 17.4 Å². The average molecular weight is 327 g/mol. The van der Waals surface area contributed by atoms with E-state index in [0.29, 0.717) is 15.9 Å². The highest BCUT2D eigenvalue weighted by Crippen LogP contribution is 2.14. The number of para-hydroxylation sites is 1. The van der Waals surface area contributed by atoms with Crippen molar-refractivity contribution in [1.82, 2.24) is 19.2 Å². The maximum absolute atomic E-state index is 12.8. The van der Waals surface area contributed by atoms with Gasteiger partial charge in [0.1, 0.15) is 0 Å². The molecule has 23 heavy (non-hydrogen) atoms. The van der Waals surface area contributed by atoms with Crippen molar-refractivity contribution < 1.29 is 0 Å². The maximum Gasteiger partial charge on any atom is 0.349 e. The Balaban J connectivity index is 2.07. The largest absolute Gasteiger partial charge is 0.349 e. The minimum atomic E-state index is -0.379. The fourth-order valence-corrected chi connectivity index (χ4v) is 2.95. The Kier molecular flexibility index (Phi) is 3.06. The molecule has 4 rings (SSSR count). The van der Waals surface area contributed by atoms with Crippen molar-refractivity contribution in [2.45, 2.75) is 6.54 Å². The van der Waals surface area contributed by atoms with Crippen molar-refractivity contribution in [3.05, 3.63) is 80.0 Å². The second kappa shape index (κ2) is 5.10. The van der Waals surface area contributed by atoms with Gasteiger partial charge in [-0.05, 0) is 29.8 Å². The molecule has 0 aliphatic rings. The summed E-state index contributed by atoms with van der Waals surface area (Å²) in [5, 5.41) is 7.46. The van der Waals surface area contributed by atoms with Crippen LogP contribution in [0.2, 0.25) is 5.02 Å². The Labute approximate surface area is 134 Å². The summed E-state index contributed by atoms with van der Waals surface area (Å²) in [6.45, 7) is 0.276. The molecule has 0 radical (unpaired) electrons. The Morgan fingerprint density at radius 1 is 1.09 bits per heavy atom. The van der Waals surface area contributed by atoms with Crippen LogP contribution in [0.3, 0.4) is 0 Å². The standard InChI is InChI=1S/C16H11ClN4O2/c17-11-5-3-4-10(8-11)9-20-14(22)12-6-1-2-7-13(12)21-15(20)18-19-16(21)23/h1-8H,9H2,(H,19,23). The number of halogens is 1. The van der Waals surface area contributed by atoms with Gasteiger partial charge in [-0.1, -0.05) is 35.9 Å². The topological polar surface area (TPSA) is 72.2 Å². The summed E-state index contributed by atoms with van der Waals surface area (Å²) in [5.74, 6) is 0.277. The zero-order chi connectivity index (χ0) is 16.0. The van der Waals surface area contributed by atoms with Gasteiger partial charge in [0.15, 0.2) is 0 Å². The highest BCUT2D eigenvalue weighted by atomic mass is 35.5. The number of hydrogen-bond donors (Lipinski definition) is 1. The lowest BCUT2D eigenvalue weighted by Gasteiger charge is -2.10. The number of benzene rings is 2. The highest BCUT2D eigenvalue weighted by Gasteiger charge is 2.14. The van der Waals surface area contributed by atoms with Gasteiger partial charge in [-0.2, -0.15) is 0 Å². The monoisotopic (exact) mass is 326 g/mol. The molecule has 114 valence electrons. The van der Waals surface area contributed by atoms with E-state index in [1.165, 1.54) is 8.97 Å². The molecule has 0 atom stereocenters. The van der Waals surface area contributed by atoms with Gasteiger partial charge in [-0.3, -0.25) is 9.36 Å². The molecule has 1 N–H and O–H groups in total. The van der Waals surface area contributed by atoms with E-state index in [0.717, 1.165) is 5.56 Å². The molecule has 0 aliphatic heterocycles. The van der Waals surface area contributed by atoms with Crippen LogP contribution in [0.25, 0.3) is 16.7 Å². The number of H-pyrrole nitrogens is 1. The summed E-state index contributed by atoms with van der Waals surface area (Å²) in [6, 6.07) is 14.2. The van der Waals surface area contributed by atoms with Crippen LogP contribution in [-0.2, 0) is 6.54 Å². The average Bonchev–Trinajstić information content (AvgIpc) is 2.93. The zero-order valence-electron chi connectivity index (χ0n) is 11.9. The van der Waals surface area contributed by atoms with Crippen LogP contribution >= 0.6 is 11.6 Å². The first-order chi connectivity index (χ1) is 11.1. The van der Waals surface area contributed by atoms with E-state index >= 15 is 0 Å². The lowest BCUT2D eigenvalue weighted by atomic mass is 10.2. The molecule has 0 fully saturated rings. The minimum absolute atomic E-state index is 0.202. The lowest BCUT2D eigenvalue weighted by Crippen LogP contribution is -2.25. The fourth-order valence-electron chi connectivity index (χ4n) is 2.73. The van der Waals surface area contributed by atoms with Gasteiger partial charge in [-0.15, -0.1) is 5.10 Å². The summed E-state index contributed by atoms with van der Waals surface area (Å²) in [7, 11) is 0. The number of nitrogens with one attached hydrogen (secondary N) is 1. The van der Waals surface area contributed by atoms with E-state index in [1.54, 1.807) is 36.4 Å². The Hall–Kier alpha value is -2.86. The highest BCUT2D eigenvalue weighted by molar-refractivity contribution is 6.30. The van der Waals surface area contributed by atoms with Gasteiger partial charge in [0.25, 0.3) is 5.56 Å². The number of nitrogens with zero attached hydrogens (tertiary/aromatic N) is 3. The minimum Gasteiger partial charge on any atom is -0.272 e. The quantitative estimate of drug-likeness (QED) is 0.612. The molecule has 6 nitrogen and oxygen atoms in total. The van der Waals surface area contributed by atoms with E-state index in [4.69, 9.17) is 11.6 Å². The molecule has 0 unspecified atom stereocenters. The molecule has 2 aromatic carbocycles. The van der Waals surface area contributed by atoms with Crippen molar-refractivity contribution in [2.75, 3.05) is 0 Å². The molecule has 0 saturated heterocycles. The Morgan fingerprint density at radius 3 is 2.74 bits per heavy atom. The van der Waals surface area contributed by atoms with Gasteiger partial charge in [-0.25, -0.2) is 14.3 Å². The van der Waals surface area contributed by atoms with Gasteiger partial charge < -0.3 is 0 Å². The first-order valence-electron chi connectivity index (χ1n) is 6.98. The predicted molar refractivity (Wildman–Crippen MR) is 88.1 cm³/mol. The van der Waals surface area contributed by atoms with Gasteiger partial charge >= 0.3 is 5.69 Å². The first kappa shape index (κ1) is 13.8. The van der Waals surface area contributed by atoms with Crippen LogP contribution in [0, 0.1) is 0 Å². The molecule has 0 spiro atoms. The van der Waals surface area contributed by atoms with Crippen molar-refractivity contribution in [3.8, 4) is 0 Å². The molecule has 0 aliphatic carbocycles. The van der Waals surface area contributed by atoms with E-state index in [-0.39, 0.29) is 23.6 Å². The second-order valence-corrected chi connectivity index (χ2v) is 5.64. The van der Waals surface area contributed by atoms with Crippen molar-refractivity contribution in [1.29, 1.82) is 0 Å². The molecule has 0 amide bonds. The van der Waals surface area contributed by atoms with Crippen LogP contribution in [0.5, 0.6) is 0 Å². The van der Waals surface area contributed by atoms with Crippen LogP contribution in [0.1, 0.15) is 5.56 Å². The summed E-state index contributed by atoms with van der Waals surface area (Å²) in [6.07, 6.45) is 0. The molecular formula is C16H11ClN4O2. The van der Waals surface area contributed by atoms with Gasteiger partial charge in [0, 0.05) is 5.02 Å². The molecule has 0 bridgehead atoms. The number of aromatic nitrogens is 4. The first-order valence-corrected chi connectivity index (χ1v) is 7.36.